The SMILES string of the molecule is O=C(Cc1ccccc1Cl)CC1CCSCC1. The van der Waals surface area contributed by atoms with E-state index in [4.69, 9.17) is 11.6 Å². The molecule has 1 aromatic carbocycles. The first-order chi connectivity index (χ1) is 8.25. The first-order valence-corrected chi connectivity index (χ1v) is 7.62. The van der Waals surface area contributed by atoms with Crippen LogP contribution < -0.4 is 0 Å². The highest BCUT2D eigenvalue weighted by atomic mass is 35.5. The van der Waals surface area contributed by atoms with Gasteiger partial charge in [-0.25, -0.2) is 0 Å². The summed E-state index contributed by atoms with van der Waals surface area (Å²) in [5, 5.41) is 0.708. The summed E-state index contributed by atoms with van der Waals surface area (Å²) in [5.41, 5.74) is 0.962. The molecular formula is C14H17ClOS. The fourth-order valence-electron chi connectivity index (χ4n) is 2.20. The van der Waals surface area contributed by atoms with Crippen LogP contribution in [0.25, 0.3) is 0 Å². The number of Topliss-reactive ketones (excluding diaryl/α,β-unsaturated/α-hetero) is 1. The van der Waals surface area contributed by atoms with Gasteiger partial charge in [-0.1, -0.05) is 29.8 Å². The Kier molecular flexibility index (Phi) is 4.93. The third kappa shape index (κ3) is 4.04. The van der Waals surface area contributed by atoms with Crippen LogP contribution in [0.4, 0.5) is 0 Å². The van der Waals surface area contributed by atoms with Crippen LogP contribution in [0.3, 0.4) is 0 Å². The molecule has 0 amide bonds. The number of hydrogen-bond acceptors (Lipinski definition) is 2. The minimum absolute atomic E-state index is 0.329. The first kappa shape index (κ1) is 13.0. The van der Waals surface area contributed by atoms with Gasteiger partial charge in [-0.2, -0.15) is 11.8 Å². The summed E-state index contributed by atoms with van der Waals surface area (Å²) in [6.45, 7) is 0. The maximum atomic E-state index is 12.0. The van der Waals surface area contributed by atoms with Crippen molar-refractivity contribution in [3.63, 3.8) is 0 Å². The summed E-state index contributed by atoms with van der Waals surface area (Å²) < 4.78 is 0. The average molecular weight is 269 g/mol. The Balaban J connectivity index is 1.86. The molecule has 17 heavy (non-hydrogen) atoms. The normalized spacial score (nSPS) is 17.0. The second-order valence-electron chi connectivity index (χ2n) is 4.57. The molecule has 0 N–H and O–H groups in total. The molecule has 0 spiro atoms. The van der Waals surface area contributed by atoms with Crippen molar-refractivity contribution in [2.75, 3.05) is 11.5 Å². The second kappa shape index (κ2) is 6.46. The summed E-state index contributed by atoms with van der Waals surface area (Å²) in [7, 11) is 0. The smallest absolute Gasteiger partial charge is 0.137 e. The molecule has 0 saturated carbocycles. The molecule has 2 rings (SSSR count). The number of rotatable bonds is 4. The van der Waals surface area contributed by atoms with E-state index >= 15 is 0 Å². The van der Waals surface area contributed by atoms with E-state index in [-0.39, 0.29) is 0 Å². The summed E-state index contributed by atoms with van der Waals surface area (Å²) in [5.74, 6) is 3.36. The van der Waals surface area contributed by atoms with Crippen LogP contribution in [0.2, 0.25) is 5.02 Å². The lowest BCUT2D eigenvalue weighted by atomic mass is 9.94. The molecule has 0 radical (unpaired) electrons. The van der Waals surface area contributed by atoms with Gasteiger partial charge in [-0.15, -0.1) is 0 Å². The van der Waals surface area contributed by atoms with Crippen LogP contribution in [-0.4, -0.2) is 17.3 Å². The molecule has 1 aromatic rings. The quantitative estimate of drug-likeness (QED) is 0.822. The van der Waals surface area contributed by atoms with Gasteiger partial charge < -0.3 is 0 Å². The van der Waals surface area contributed by atoms with Gasteiger partial charge >= 0.3 is 0 Å². The van der Waals surface area contributed by atoms with Gasteiger partial charge in [0.1, 0.15) is 5.78 Å². The van der Waals surface area contributed by atoms with E-state index in [1.807, 2.05) is 36.0 Å². The Bertz CT molecular complexity index is 386. The Morgan fingerprint density at radius 1 is 1.29 bits per heavy atom. The molecule has 1 heterocycles. The fourth-order valence-corrected chi connectivity index (χ4v) is 3.61. The van der Waals surface area contributed by atoms with E-state index < -0.39 is 0 Å². The lowest BCUT2D eigenvalue weighted by molar-refractivity contribution is -0.119. The third-order valence-electron chi connectivity index (χ3n) is 3.20. The zero-order chi connectivity index (χ0) is 12.1. The molecule has 0 aliphatic carbocycles. The number of benzene rings is 1. The summed E-state index contributed by atoms with van der Waals surface area (Å²) >= 11 is 8.06. The predicted molar refractivity (Wildman–Crippen MR) is 74.8 cm³/mol. The van der Waals surface area contributed by atoms with E-state index in [1.165, 1.54) is 24.3 Å². The summed E-state index contributed by atoms with van der Waals surface area (Å²) in [6, 6.07) is 7.62. The predicted octanol–water partition coefficient (Wildman–Crippen LogP) is 3.98. The van der Waals surface area contributed by atoms with Gasteiger partial charge in [0.05, 0.1) is 0 Å². The second-order valence-corrected chi connectivity index (χ2v) is 6.20. The highest BCUT2D eigenvalue weighted by molar-refractivity contribution is 7.99. The molecule has 92 valence electrons. The number of carbonyl (C=O) groups is 1. The van der Waals surface area contributed by atoms with Crippen molar-refractivity contribution < 1.29 is 4.79 Å². The van der Waals surface area contributed by atoms with E-state index in [9.17, 15) is 4.79 Å². The molecule has 1 aliphatic rings. The van der Waals surface area contributed by atoms with E-state index in [2.05, 4.69) is 0 Å². The van der Waals surface area contributed by atoms with Crippen molar-refractivity contribution in [1.29, 1.82) is 0 Å². The highest BCUT2D eigenvalue weighted by Gasteiger charge is 2.17. The van der Waals surface area contributed by atoms with Crippen molar-refractivity contribution >= 4 is 29.1 Å². The van der Waals surface area contributed by atoms with E-state index in [0.29, 0.717) is 23.1 Å². The van der Waals surface area contributed by atoms with Crippen molar-refractivity contribution in [3.05, 3.63) is 34.9 Å². The molecule has 1 saturated heterocycles. The minimum Gasteiger partial charge on any atom is -0.299 e. The van der Waals surface area contributed by atoms with Gasteiger partial charge in [0, 0.05) is 17.9 Å². The Morgan fingerprint density at radius 2 is 2.00 bits per heavy atom. The van der Waals surface area contributed by atoms with Crippen molar-refractivity contribution in [2.45, 2.75) is 25.7 Å². The van der Waals surface area contributed by atoms with Crippen molar-refractivity contribution in [2.24, 2.45) is 5.92 Å². The monoisotopic (exact) mass is 268 g/mol. The van der Waals surface area contributed by atoms with Crippen LogP contribution in [0.5, 0.6) is 0 Å². The summed E-state index contributed by atoms with van der Waals surface area (Å²) in [4.78, 5) is 12.0. The zero-order valence-electron chi connectivity index (χ0n) is 9.82. The van der Waals surface area contributed by atoms with Crippen LogP contribution in [0.15, 0.2) is 24.3 Å². The molecule has 0 aromatic heterocycles. The largest absolute Gasteiger partial charge is 0.299 e. The van der Waals surface area contributed by atoms with Gasteiger partial charge in [-0.05, 0) is 41.9 Å². The van der Waals surface area contributed by atoms with Crippen LogP contribution in [-0.2, 0) is 11.2 Å². The van der Waals surface area contributed by atoms with Gasteiger partial charge in [0.15, 0.2) is 0 Å². The Labute approximate surface area is 112 Å². The molecule has 1 aliphatic heterocycles. The molecule has 3 heteroatoms. The lowest BCUT2D eigenvalue weighted by Gasteiger charge is -2.20. The van der Waals surface area contributed by atoms with Gasteiger partial charge in [0.25, 0.3) is 0 Å². The fraction of sp³-hybridized carbons (Fsp3) is 0.500. The zero-order valence-corrected chi connectivity index (χ0v) is 11.4. The van der Waals surface area contributed by atoms with Crippen molar-refractivity contribution in [3.8, 4) is 0 Å². The number of hydrogen-bond donors (Lipinski definition) is 0. The number of carbonyl (C=O) groups excluding carboxylic acids is 1. The lowest BCUT2D eigenvalue weighted by Crippen LogP contribution is -2.15. The topological polar surface area (TPSA) is 17.1 Å². The number of thioether (sulfide) groups is 1. The molecule has 1 fully saturated rings. The van der Waals surface area contributed by atoms with Gasteiger partial charge in [0.2, 0.25) is 0 Å². The number of halogens is 1. The molecule has 0 atom stereocenters. The van der Waals surface area contributed by atoms with Crippen LogP contribution in [0.1, 0.15) is 24.8 Å². The highest BCUT2D eigenvalue weighted by Crippen LogP contribution is 2.26. The van der Waals surface area contributed by atoms with E-state index in [1.54, 1.807) is 0 Å². The van der Waals surface area contributed by atoms with Crippen LogP contribution in [0, 0.1) is 5.92 Å². The van der Waals surface area contributed by atoms with Crippen LogP contribution >= 0.6 is 23.4 Å². The Hall–Kier alpha value is -0.470. The summed E-state index contributed by atoms with van der Waals surface area (Å²) in [6.07, 6.45) is 3.60. The molecule has 0 bridgehead atoms. The molecule has 0 unspecified atom stereocenters. The third-order valence-corrected chi connectivity index (χ3v) is 4.62. The van der Waals surface area contributed by atoms with E-state index in [0.717, 1.165) is 12.0 Å². The minimum atomic E-state index is 0.329. The first-order valence-electron chi connectivity index (χ1n) is 6.08. The molecular weight excluding hydrogens is 252 g/mol. The molecule has 1 nitrogen and oxygen atoms in total. The standard InChI is InChI=1S/C14H17ClOS/c15-14-4-2-1-3-12(14)10-13(16)9-11-5-7-17-8-6-11/h1-4,11H,5-10H2. The van der Waals surface area contributed by atoms with Gasteiger partial charge in [-0.3, -0.25) is 4.79 Å². The number of ketones is 1. The van der Waals surface area contributed by atoms with Crippen molar-refractivity contribution in [1.82, 2.24) is 0 Å². The maximum absolute atomic E-state index is 12.0. The Morgan fingerprint density at radius 3 is 2.71 bits per heavy atom. The maximum Gasteiger partial charge on any atom is 0.137 e. The average Bonchev–Trinajstić information content (AvgIpc) is 2.33.